The van der Waals surface area contributed by atoms with Crippen LogP contribution in [0.4, 0.5) is 0 Å². The molecular weight excluding hydrogens is 304 g/mol. The highest BCUT2D eigenvalue weighted by molar-refractivity contribution is 5.30. The molecule has 1 unspecified atom stereocenters. The highest BCUT2D eigenvalue weighted by Gasteiger charge is 2.23. The van der Waals surface area contributed by atoms with Crippen molar-refractivity contribution >= 4 is 0 Å². The summed E-state index contributed by atoms with van der Waals surface area (Å²) in [5.41, 5.74) is 2.63. The minimum atomic E-state index is 0.225. The first-order chi connectivity index (χ1) is 11.8. The molecule has 0 bridgehead atoms. The predicted octanol–water partition coefficient (Wildman–Crippen LogP) is 3.03. The Kier molecular flexibility index (Phi) is 4.67. The third-order valence-corrected chi connectivity index (χ3v) is 4.30. The number of hydrogen-bond acceptors (Lipinski definition) is 4. The van der Waals surface area contributed by atoms with Crippen molar-refractivity contribution in [1.82, 2.24) is 0 Å². The van der Waals surface area contributed by atoms with E-state index < -0.39 is 0 Å². The summed E-state index contributed by atoms with van der Waals surface area (Å²) in [6, 6.07) is 16.7. The number of ether oxygens (including phenoxy) is 4. The zero-order valence-corrected chi connectivity index (χ0v) is 13.6. The molecule has 0 aliphatic carbocycles. The smallest absolute Gasteiger partial charge is 0.145 e. The number of rotatable bonds is 8. The SMILES string of the molecule is c1cc(OCC2CO2)ccc1CCc1ccc(OC2COC2)cc1. The fourth-order valence-corrected chi connectivity index (χ4v) is 2.60. The van der Waals surface area contributed by atoms with Crippen LogP contribution in [0.1, 0.15) is 11.1 Å². The normalized spacial score (nSPS) is 19.6. The van der Waals surface area contributed by atoms with Gasteiger partial charge in [-0.15, -0.1) is 0 Å². The summed E-state index contributed by atoms with van der Waals surface area (Å²) >= 11 is 0. The number of aryl methyl sites for hydroxylation is 2. The maximum atomic E-state index is 5.78. The van der Waals surface area contributed by atoms with Gasteiger partial charge < -0.3 is 18.9 Å². The van der Waals surface area contributed by atoms with Gasteiger partial charge in [0.1, 0.15) is 30.3 Å². The Morgan fingerprint density at radius 2 is 1.38 bits per heavy atom. The minimum Gasteiger partial charge on any atom is -0.491 e. The van der Waals surface area contributed by atoms with Gasteiger partial charge in [0.2, 0.25) is 0 Å². The zero-order chi connectivity index (χ0) is 16.2. The molecule has 2 heterocycles. The molecule has 0 radical (unpaired) electrons. The van der Waals surface area contributed by atoms with E-state index in [2.05, 4.69) is 24.3 Å². The molecule has 24 heavy (non-hydrogen) atoms. The predicted molar refractivity (Wildman–Crippen MR) is 90.8 cm³/mol. The quantitative estimate of drug-likeness (QED) is 0.699. The Bertz CT molecular complexity index is 642. The molecule has 4 heteroatoms. The van der Waals surface area contributed by atoms with Crippen LogP contribution in [0.2, 0.25) is 0 Å². The van der Waals surface area contributed by atoms with Gasteiger partial charge in [-0.1, -0.05) is 24.3 Å². The lowest BCUT2D eigenvalue weighted by molar-refractivity contribution is -0.0796. The van der Waals surface area contributed by atoms with E-state index in [1.54, 1.807) is 0 Å². The third kappa shape index (κ3) is 4.28. The van der Waals surface area contributed by atoms with Crippen LogP contribution in [-0.4, -0.2) is 38.6 Å². The molecule has 1 atom stereocenters. The molecule has 0 aromatic heterocycles. The van der Waals surface area contributed by atoms with Gasteiger partial charge in [0.15, 0.2) is 0 Å². The molecule has 2 aromatic rings. The lowest BCUT2D eigenvalue weighted by atomic mass is 10.0. The van der Waals surface area contributed by atoms with E-state index in [1.165, 1.54) is 11.1 Å². The van der Waals surface area contributed by atoms with Crippen molar-refractivity contribution in [3.63, 3.8) is 0 Å². The second-order valence-electron chi connectivity index (χ2n) is 6.33. The molecule has 4 nitrogen and oxygen atoms in total. The largest absolute Gasteiger partial charge is 0.491 e. The topological polar surface area (TPSA) is 40.2 Å². The molecule has 2 aliphatic heterocycles. The first-order valence-corrected chi connectivity index (χ1v) is 8.52. The van der Waals surface area contributed by atoms with E-state index in [0.29, 0.717) is 25.9 Å². The molecular formula is C20H22O4. The fourth-order valence-electron chi connectivity index (χ4n) is 2.60. The maximum absolute atomic E-state index is 5.78. The van der Waals surface area contributed by atoms with Crippen LogP contribution < -0.4 is 9.47 Å². The molecule has 0 amide bonds. The van der Waals surface area contributed by atoms with Crippen molar-refractivity contribution in [2.45, 2.75) is 25.0 Å². The Hall–Kier alpha value is -2.04. The summed E-state index contributed by atoms with van der Waals surface area (Å²) in [4.78, 5) is 0. The van der Waals surface area contributed by atoms with Crippen molar-refractivity contribution < 1.29 is 18.9 Å². The monoisotopic (exact) mass is 326 g/mol. The van der Waals surface area contributed by atoms with Crippen LogP contribution in [0.15, 0.2) is 48.5 Å². The Morgan fingerprint density at radius 3 is 1.88 bits per heavy atom. The maximum Gasteiger partial charge on any atom is 0.145 e. The second-order valence-corrected chi connectivity index (χ2v) is 6.33. The lowest BCUT2D eigenvalue weighted by Crippen LogP contribution is -2.38. The Balaban J connectivity index is 1.24. The lowest BCUT2D eigenvalue weighted by Gasteiger charge is -2.26. The molecule has 126 valence electrons. The number of hydrogen-bond donors (Lipinski definition) is 0. The summed E-state index contributed by atoms with van der Waals surface area (Å²) in [6.07, 6.45) is 2.56. The molecule has 2 aliphatic rings. The summed E-state index contributed by atoms with van der Waals surface area (Å²) in [5, 5.41) is 0. The molecule has 0 saturated carbocycles. The Labute approximate surface area is 142 Å². The van der Waals surface area contributed by atoms with Crippen molar-refractivity contribution in [3.05, 3.63) is 59.7 Å². The molecule has 2 fully saturated rings. The van der Waals surface area contributed by atoms with Gasteiger partial charge in [0, 0.05) is 0 Å². The minimum absolute atomic E-state index is 0.225. The van der Waals surface area contributed by atoms with E-state index in [0.717, 1.165) is 30.9 Å². The average Bonchev–Trinajstić information content (AvgIpc) is 3.41. The van der Waals surface area contributed by atoms with Crippen molar-refractivity contribution in [3.8, 4) is 11.5 Å². The highest BCUT2D eigenvalue weighted by Crippen LogP contribution is 2.19. The molecule has 0 spiro atoms. The van der Waals surface area contributed by atoms with E-state index in [-0.39, 0.29) is 6.10 Å². The van der Waals surface area contributed by atoms with Crippen LogP contribution in [0.25, 0.3) is 0 Å². The van der Waals surface area contributed by atoms with E-state index in [1.807, 2.05) is 24.3 Å². The van der Waals surface area contributed by atoms with Gasteiger partial charge in [-0.3, -0.25) is 0 Å². The van der Waals surface area contributed by atoms with Crippen molar-refractivity contribution in [1.29, 1.82) is 0 Å². The second kappa shape index (κ2) is 7.24. The zero-order valence-electron chi connectivity index (χ0n) is 13.6. The third-order valence-electron chi connectivity index (χ3n) is 4.30. The standard InChI is InChI=1S/C20H22O4/c1(15-3-7-17(8-4-15)22-13-19-14-23-19)2-16-5-9-18(10-6-16)24-20-11-21-12-20/h3-10,19-20H,1-2,11-14H2. The van der Waals surface area contributed by atoms with Gasteiger partial charge in [-0.2, -0.15) is 0 Å². The van der Waals surface area contributed by atoms with Crippen LogP contribution in [0, 0.1) is 0 Å². The van der Waals surface area contributed by atoms with Crippen LogP contribution in [0.3, 0.4) is 0 Å². The van der Waals surface area contributed by atoms with Gasteiger partial charge in [-0.25, -0.2) is 0 Å². The first kappa shape index (κ1) is 15.5. The molecule has 2 saturated heterocycles. The molecule has 0 N–H and O–H groups in total. The molecule has 2 aromatic carbocycles. The van der Waals surface area contributed by atoms with Crippen LogP contribution in [0.5, 0.6) is 11.5 Å². The first-order valence-electron chi connectivity index (χ1n) is 8.52. The van der Waals surface area contributed by atoms with Gasteiger partial charge in [0.25, 0.3) is 0 Å². The summed E-state index contributed by atoms with van der Waals surface area (Å²) in [7, 11) is 0. The van der Waals surface area contributed by atoms with Crippen molar-refractivity contribution in [2.75, 3.05) is 26.4 Å². The van der Waals surface area contributed by atoms with Gasteiger partial charge in [-0.05, 0) is 48.2 Å². The van der Waals surface area contributed by atoms with E-state index in [4.69, 9.17) is 18.9 Å². The van der Waals surface area contributed by atoms with Crippen LogP contribution in [-0.2, 0) is 22.3 Å². The van der Waals surface area contributed by atoms with Crippen LogP contribution >= 0.6 is 0 Å². The highest BCUT2D eigenvalue weighted by atomic mass is 16.6. The fraction of sp³-hybridized carbons (Fsp3) is 0.400. The van der Waals surface area contributed by atoms with E-state index >= 15 is 0 Å². The average molecular weight is 326 g/mol. The van der Waals surface area contributed by atoms with E-state index in [9.17, 15) is 0 Å². The van der Waals surface area contributed by atoms with Gasteiger partial charge in [0.05, 0.1) is 19.8 Å². The summed E-state index contributed by atoms with van der Waals surface area (Å²) in [5.74, 6) is 1.84. The number of benzene rings is 2. The Morgan fingerprint density at radius 1 is 0.792 bits per heavy atom. The molecule has 4 rings (SSSR count). The summed E-state index contributed by atoms with van der Waals surface area (Å²) < 4.78 is 21.7. The number of epoxide rings is 1. The van der Waals surface area contributed by atoms with Gasteiger partial charge >= 0.3 is 0 Å². The van der Waals surface area contributed by atoms with Crippen molar-refractivity contribution in [2.24, 2.45) is 0 Å². The summed E-state index contributed by atoms with van der Waals surface area (Å²) in [6.45, 7) is 2.89.